The second kappa shape index (κ2) is 6.77. The van der Waals surface area contributed by atoms with Crippen molar-refractivity contribution in [3.63, 3.8) is 0 Å². The van der Waals surface area contributed by atoms with E-state index in [1.54, 1.807) is 0 Å². The van der Waals surface area contributed by atoms with Crippen molar-refractivity contribution in [2.45, 2.75) is 39.9 Å². The summed E-state index contributed by atoms with van der Waals surface area (Å²) in [5, 5.41) is 7.79. The van der Waals surface area contributed by atoms with Gasteiger partial charge in [0.1, 0.15) is 0 Å². The maximum Gasteiger partial charge on any atom is 0.0521 e. The summed E-state index contributed by atoms with van der Waals surface area (Å²) in [5.74, 6) is 0.661. The molecule has 1 rings (SSSR count). The molecule has 0 amide bonds. The Morgan fingerprint density at radius 2 is 2.12 bits per heavy atom. The van der Waals surface area contributed by atoms with Gasteiger partial charge in [-0.15, -0.1) is 0 Å². The Hall–Kier alpha value is -0.870. The standard InChI is InChI=1S/C13H26N4/c1-6-17-12(7-8-15-17)9-14-10-13(11(2)3)16(4)5/h7-8,11,13-14H,6,9-10H2,1-5H3. The summed E-state index contributed by atoms with van der Waals surface area (Å²) in [6.07, 6.45) is 1.87. The molecule has 1 unspecified atom stereocenters. The first kappa shape index (κ1) is 14.2. The van der Waals surface area contributed by atoms with E-state index < -0.39 is 0 Å². The fourth-order valence-corrected chi connectivity index (χ4v) is 2.16. The predicted molar refractivity (Wildman–Crippen MR) is 71.9 cm³/mol. The van der Waals surface area contributed by atoms with E-state index >= 15 is 0 Å². The smallest absolute Gasteiger partial charge is 0.0521 e. The summed E-state index contributed by atoms with van der Waals surface area (Å²) in [6, 6.07) is 2.66. The van der Waals surface area contributed by atoms with Gasteiger partial charge >= 0.3 is 0 Å². The van der Waals surface area contributed by atoms with Crippen LogP contribution in [0, 0.1) is 5.92 Å². The molecule has 4 heteroatoms. The van der Waals surface area contributed by atoms with Crippen LogP contribution in [0.15, 0.2) is 12.3 Å². The molecule has 1 aromatic rings. The number of aromatic nitrogens is 2. The van der Waals surface area contributed by atoms with E-state index in [0.717, 1.165) is 19.6 Å². The lowest BCUT2D eigenvalue weighted by Crippen LogP contribution is -2.41. The molecule has 1 aromatic heterocycles. The van der Waals surface area contributed by atoms with Gasteiger partial charge in [-0.1, -0.05) is 13.8 Å². The van der Waals surface area contributed by atoms with Crippen LogP contribution in [0.3, 0.4) is 0 Å². The monoisotopic (exact) mass is 238 g/mol. The van der Waals surface area contributed by atoms with Crippen LogP contribution < -0.4 is 5.32 Å². The highest BCUT2D eigenvalue weighted by atomic mass is 15.3. The van der Waals surface area contributed by atoms with E-state index in [2.05, 4.69) is 56.2 Å². The molecule has 0 saturated carbocycles. The van der Waals surface area contributed by atoms with Crippen molar-refractivity contribution in [1.29, 1.82) is 0 Å². The molecule has 0 aliphatic carbocycles. The largest absolute Gasteiger partial charge is 0.310 e. The van der Waals surface area contributed by atoms with Crippen molar-refractivity contribution < 1.29 is 0 Å². The van der Waals surface area contributed by atoms with Gasteiger partial charge in [-0.2, -0.15) is 5.10 Å². The third kappa shape index (κ3) is 4.13. The lowest BCUT2D eigenvalue weighted by Gasteiger charge is -2.28. The van der Waals surface area contributed by atoms with Crippen LogP contribution in [-0.2, 0) is 13.1 Å². The highest BCUT2D eigenvalue weighted by Gasteiger charge is 2.15. The Bertz CT molecular complexity index is 309. The molecule has 0 fully saturated rings. The molecular formula is C13H26N4. The summed E-state index contributed by atoms with van der Waals surface area (Å²) in [4.78, 5) is 2.29. The Labute approximate surface area is 105 Å². The highest BCUT2D eigenvalue weighted by molar-refractivity contribution is 4.99. The predicted octanol–water partition coefficient (Wildman–Crippen LogP) is 1.58. The number of hydrogen-bond donors (Lipinski definition) is 1. The third-order valence-electron chi connectivity index (χ3n) is 3.20. The van der Waals surface area contributed by atoms with Gasteiger partial charge in [-0.3, -0.25) is 4.68 Å². The summed E-state index contributed by atoms with van der Waals surface area (Å²) < 4.78 is 2.03. The van der Waals surface area contributed by atoms with Crippen LogP contribution in [0.1, 0.15) is 26.5 Å². The van der Waals surface area contributed by atoms with E-state index in [4.69, 9.17) is 0 Å². The molecule has 0 aliphatic rings. The van der Waals surface area contributed by atoms with E-state index in [0.29, 0.717) is 12.0 Å². The van der Waals surface area contributed by atoms with E-state index in [1.165, 1.54) is 5.69 Å². The first-order chi connectivity index (χ1) is 8.06. The number of aryl methyl sites for hydroxylation is 1. The summed E-state index contributed by atoms with van der Waals surface area (Å²) in [5.41, 5.74) is 1.26. The normalized spacial score (nSPS) is 13.6. The minimum Gasteiger partial charge on any atom is -0.310 e. The summed E-state index contributed by atoms with van der Waals surface area (Å²) >= 11 is 0. The second-order valence-electron chi connectivity index (χ2n) is 5.04. The molecular weight excluding hydrogens is 212 g/mol. The molecule has 98 valence electrons. The average Bonchev–Trinajstić information content (AvgIpc) is 2.70. The zero-order valence-corrected chi connectivity index (χ0v) is 11.8. The maximum atomic E-state index is 4.27. The van der Waals surface area contributed by atoms with Crippen LogP contribution in [0.25, 0.3) is 0 Å². The SMILES string of the molecule is CCn1nccc1CNCC(C(C)C)N(C)C. The van der Waals surface area contributed by atoms with Crippen molar-refractivity contribution in [2.75, 3.05) is 20.6 Å². The quantitative estimate of drug-likeness (QED) is 0.783. The van der Waals surface area contributed by atoms with Crippen LogP contribution in [0.2, 0.25) is 0 Å². The zero-order valence-electron chi connectivity index (χ0n) is 11.8. The summed E-state index contributed by atoms with van der Waals surface area (Å²) in [6.45, 7) is 9.49. The maximum absolute atomic E-state index is 4.27. The number of nitrogens with zero attached hydrogens (tertiary/aromatic N) is 3. The van der Waals surface area contributed by atoms with Crippen molar-refractivity contribution in [3.8, 4) is 0 Å². The van der Waals surface area contributed by atoms with Crippen molar-refractivity contribution >= 4 is 0 Å². The van der Waals surface area contributed by atoms with Crippen molar-refractivity contribution in [2.24, 2.45) is 5.92 Å². The topological polar surface area (TPSA) is 33.1 Å². The molecule has 0 aliphatic heterocycles. The Morgan fingerprint density at radius 3 is 2.65 bits per heavy atom. The van der Waals surface area contributed by atoms with Crippen molar-refractivity contribution in [1.82, 2.24) is 20.0 Å². The van der Waals surface area contributed by atoms with Gasteiger partial charge in [0.25, 0.3) is 0 Å². The molecule has 0 spiro atoms. The fourth-order valence-electron chi connectivity index (χ4n) is 2.16. The second-order valence-corrected chi connectivity index (χ2v) is 5.04. The highest BCUT2D eigenvalue weighted by Crippen LogP contribution is 2.06. The van der Waals surface area contributed by atoms with Gasteiger partial charge in [0.2, 0.25) is 0 Å². The molecule has 1 N–H and O–H groups in total. The first-order valence-electron chi connectivity index (χ1n) is 6.44. The lowest BCUT2D eigenvalue weighted by atomic mass is 10.0. The van der Waals surface area contributed by atoms with Crippen molar-refractivity contribution in [3.05, 3.63) is 18.0 Å². The zero-order chi connectivity index (χ0) is 12.8. The Kier molecular flexibility index (Phi) is 5.65. The Balaban J connectivity index is 2.41. The molecule has 4 nitrogen and oxygen atoms in total. The molecule has 0 radical (unpaired) electrons. The number of likely N-dealkylation sites (N-methyl/N-ethyl adjacent to an activating group) is 1. The number of rotatable bonds is 7. The minimum absolute atomic E-state index is 0.577. The molecule has 0 saturated heterocycles. The van der Waals surface area contributed by atoms with Crippen LogP contribution in [-0.4, -0.2) is 41.4 Å². The molecule has 1 atom stereocenters. The molecule has 0 bridgehead atoms. The van der Waals surface area contributed by atoms with E-state index in [-0.39, 0.29) is 0 Å². The minimum atomic E-state index is 0.577. The molecule has 1 heterocycles. The van der Waals surface area contributed by atoms with E-state index in [1.807, 2.05) is 10.9 Å². The average molecular weight is 238 g/mol. The van der Waals surface area contributed by atoms with Gasteiger partial charge in [-0.05, 0) is 33.0 Å². The lowest BCUT2D eigenvalue weighted by molar-refractivity contribution is 0.224. The van der Waals surface area contributed by atoms with Gasteiger partial charge in [0.05, 0.1) is 5.69 Å². The molecule has 0 aromatic carbocycles. The van der Waals surface area contributed by atoms with Gasteiger partial charge < -0.3 is 10.2 Å². The van der Waals surface area contributed by atoms with E-state index in [9.17, 15) is 0 Å². The van der Waals surface area contributed by atoms with Gasteiger partial charge in [-0.25, -0.2) is 0 Å². The first-order valence-corrected chi connectivity index (χ1v) is 6.44. The number of nitrogens with one attached hydrogen (secondary N) is 1. The van der Waals surface area contributed by atoms with Gasteiger partial charge in [0, 0.05) is 31.9 Å². The summed E-state index contributed by atoms with van der Waals surface area (Å²) in [7, 11) is 4.28. The van der Waals surface area contributed by atoms with Crippen LogP contribution in [0.4, 0.5) is 0 Å². The molecule has 17 heavy (non-hydrogen) atoms. The third-order valence-corrected chi connectivity index (χ3v) is 3.20. The number of hydrogen-bond acceptors (Lipinski definition) is 3. The Morgan fingerprint density at radius 1 is 1.41 bits per heavy atom. The van der Waals surface area contributed by atoms with Gasteiger partial charge in [0.15, 0.2) is 0 Å². The van der Waals surface area contributed by atoms with Crippen LogP contribution in [0.5, 0.6) is 0 Å². The van der Waals surface area contributed by atoms with Crippen LogP contribution >= 0.6 is 0 Å². The fraction of sp³-hybridized carbons (Fsp3) is 0.769.